The van der Waals surface area contributed by atoms with Crippen molar-refractivity contribution in [1.29, 1.82) is 0 Å². The fourth-order valence-electron chi connectivity index (χ4n) is 5.77. The van der Waals surface area contributed by atoms with Gasteiger partial charge in [-0.05, 0) is 60.6 Å². The molecule has 3 heterocycles. The summed E-state index contributed by atoms with van der Waals surface area (Å²) in [5, 5.41) is 0. The minimum atomic E-state index is 0.940. The average molecular weight is 358 g/mol. The highest BCUT2D eigenvalue weighted by Gasteiger charge is 2.54. The molecule has 0 spiro atoms. The van der Waals surface area contributed by atoms with Gasteiger partial charge < -0.3 is 4.57 Å². The summed E-state index contributed by atoms with van der Waals surface area (Å²) in [5.74, 6) is 4.13. The van der Waals surface area contributed by atoms with Crippen LogP contribution in [0.1, 0.15) is 29.8 Å². The molecule has 138 valence electrons. The van der Waals surface area contributed by atoms with Crippen LogP contribution in [-0.2, 0) is 25.9 Å². The SMILES string of the molecule is c1ccc(CCC2C3CN(Cc4nc5cccc6c5n4CCC6)CC23)cc1. The highest BCUT2D eigenvalue weighted by atomic mass is 15.2. The smallest absolute Gasteiger partial charge is 0.124 e. The lowest BCUT2D eigenvalue weighted by Gasteiger charge is -2.21. The van der Waals surface area contributed by atoms with Crippen LogP contribution < -0.4 is 0 Å². The predicted molar refractivity (Wildman–Crippen MR) is 109 cm³/mol. The summed E-state index contributed by atoms with van der Waals surface area (Å²) in [6.45, 7) is 4.73. The van der Waals surface area contributed by atoms with Crippen LogP contribution in [-0.4, -0.2) is 27.5 Å². The van der Waals surface area contributed by atoms with Crippen LogP contribution in [0, 0.1) is 17.8 Å². The molecule has 2 fully saturated rings. The van der Waals surface area contributed by atoms with Gasteiger partial charge in [0.25, 0.3) is 0 Å². The number of hydrogen-bond donors (Lipinski definition) is 0. The number of benzene rings is 2. The maximum Gasteiger partial charge on any atom is 0.124 e. The molecule has 0 bridgehead atoms. The Morgan fingerprint density at radius 3 is 2.67 bits per heavy atom. The standard InChI is InChI=1S/C24H27N3/c1-2-6-17(7-3-1)11-12-19-20-14-26(15-21(19)20)16-23-25-22-10-4-8-18-9-5-13-27(23)24(18)22/h1-4,6-8,10,19-21H,5,9,11-16H2. The Balaban J connectivity index is 1.11. The van der Waals surface area contributed by atoms with Gasteiger partial charge in [-0.25, -0.2) is 4.98 Å². The zero-order valence-corrected chi connectivity index (χ0v) is 15.8. The summed E-state index contributed by atoms with van der Waals surface area (Å²) in [5.41, 5.74) is 5.59. The molecule has 3 aromatic rings. The van der Waals surface area contributed by atoms with Crippen molar-refractivity contribution in [3.63, 3.8) is 0 Å². The van der Waals surface area contributed by atoms with Crippen LogP contribution in [0.5, 0.6) is 0 Å². The fraction of sp³-hybridized carbons (Fsp3) is 0.458. The van der Waals surface area contributed by atoms with E-state index < -0.39 is 0 Å². The summed E-state index contributed by atoms with van der Waals surface area (Å²) < 4.78 is 2.50. The number of aromatic nitrogens is 2. The van der Waals surface area contributed by atoms with E-state index in [2.05, 4.69) is 58.0 Å². The topological polar surface area (TPSA) is 21.1 Å². The Labute approximate surface area is 161 Å². The molecule has 1 aliphatic carbocycles. The van der Waals surface area contributed by atoms with Crippen LogP contribution in [0.3, 0.4) is 0 Å². The van der Waals surface area contributed by atoms with E-state index in [4.69, 9.17) is 4.98 Å². The van der Waals surface area contributed by atoms with Crippen LogP contribution in [0.15, 0.2) is 48.5 Å². The number of nitrogens with zero attached hydrogens (tertiary/aromatic N) is 3. The lowest BCUT2D eigenvalue weighted by Crippen LogP contribution is -2.26. The Bertz CT molecular complexity index is 962. The van der Waals surface area contributed by atoms with Gasteiger partial charge in [0, 0.05) is 19.6 Å². The Hall–Kier alpha value is -2.13. The van der Waals surface area contributed by atoms with E-state index in [-0.39, 0.29) is 0 Å². The molecule has 0 radical (unpaired) electrons. The first-order valence-electron chi connectivity index (χ1n) is 10.6. The van der Waals surface area contributed by atoms with Gasteiger partial charge in [-0.1, -0.05) is 42.5 Å². The molecule has 1 saturated carbocycles. The molecule has 6 rings (SSSR count). The van der Waals surface area contributed by atoms with Crippen molar-refractivity contribution < 1.29 is 0 Å². The largest absolute Gasteiger partial charge is 0.327 e. The number of para-hydroxylation sites is 1. The number of hydrogen-bond acceptors (Lipinski definition) is 2. The quantitative estimate of drug-likeness (QED) is 0.679. The van der Waals surface area contributed by atoms with Gasteiger partial charge in [-0.2, -0.15) is 0 Å². The molecule has 3 nitrogen and oxygen atoms in total. The molecule has 27 heavy (non-hydrogen) atoms. The lowest BCUT2D eigenvalue weighted by atomic mass is 10.0. The first kappa shape index (κ1) is 15.9. The van der Waals surface area contributed by atoms with Gasteiger partial charge in [-0.3, -0.25) is 4.90 Å². The Kier molecular flexibility index (Phi) is 3.65. The molecule has 0 N–H and O–H groups in total. The molecule has 3 aliphatic rings. The molecule has 0 amide bonds. The summed E-state index contributed by atoms with van der Waals surface area (Å²) in [7, 11) is 0. The number of fused-ring (bicyclic) bond motifs is 1. The third kappa shape index (κ3) is 2.71. The maximum absolute atomic E-state index is 5.00. The average Bonchev–Trinajstić information content (AvgIpc) is 3.02. The van der Waals surface area contributed by atoms with Gasteiger partial charge in [0.05, 0.1) is 17.6 Å². The van der Waals surface area contributed by atoms with Crippen LogP contribution in [0.4, 0.5) is 0 Å². The van der Waals surface area contributed by atoms with Crippen molar-refractivity contribution in [2.45, 2.75) is 38.8 Å². The van der Waals surface area contributed by atoms with Gasteiger partial charge in [0.1, 0.15) is 5.82 Å². The number of piperidine rings is 1. The van der Waals surface area contributed by atoms with E-state index >= 15 is 0 Å². The number of rotatable bonds is 5. The molecule has 2 unspecified atom stereocenters. The highest BCUT2D eigenvalue weighted by molar-refractivity contribution is 5.80. The molecule has 1 saturated heterocycles. The summed E-state index contributed by atoms with van der Waals surface area (Å²) >= 11 is 0. The van der Waals surface area contributed by atoms with Crippen molar-refractivity contribution in [2.75, 3.05) is 13.1 Å². The van der Waals surface area contributed by atoms with Gasteiger partial charge >= 0.3 is 0 Å². The Morgan fingerprint density at radius 1 is 0.963 bits per heavy atom. The van der Waals surface area contributed by atoms with Gasteiger partial charge in [0.15, 0.2) is 0 Å². The molecule has 2 aliphatic heterocycles. The van der Waals surface area contributed by atoms with Crippen molar-refractivity contribution in [3.8, 4) is 0 Å². The van der Waals surface area contributed by atoms with Crippen LogP contribution in [0.2, 0.25) is 0 Å². The van der Waals surface area contributed by atoms with Crippen molar-refractivity contribution in [2.24, 2.45) is 17.8 Å². The summed E-state index contributed by atoms with van der Waals surface area (Å²) in [6, 6.07) is 17.6. The van der Waals surface area contributed by atoms with E-state index in [0.717, 1.165) is 30.8 Å². The minimum absolute atomic E-state index is 0.940. The number of imidazole rings is 1. The second-order valence-corrected chi connectivity index (χ2v) is 8.78. The molecule has 3 heteroatoms. The van der Waals surface area contributed by atoms with Crippen molar-refractivity contribution in [3.05, 3.63) is 65.5 Å². The summed E-state index contributed by atoms with van der Waals surface area (Å²) in [4.78, 5) is 7.66. The first-order valence-corrected chi connectivity index (χ1v) is 10.6. The van der Waals surface area contributed by atoms with E-state index in [1.807, 2.05) is 0 Å². The zero-order valence-electron chi connectivity index (χ0n) is 15.8. The maximum atomic E-state index is 5.00. The third-order valence-electron chi connectivity index (χ3n) is 7.18. The normalized spacial score (nSPS) is 26.4. The first-order chi connectivity index (χ1) is 13.4. The second kappa shape index (κ2) is 6.20. The Morgan fingerprint density at radius 2 is 1.81 bits per heavy atom. The van der Waals surface area contributed by atoms with Crippen LogP contribution >= 0.6 is 0 Å². The number of likely N-dealkylation sites (tertiary alicyclic amines) is 1. The van der Waals surface area contributed by atoms with Crippen molar-refractivity contribution >= 4 is 11.0 Å². The van der Waals surface area contributed by atoms with Crippen molar-refractivity contribution in [1.82, 2.24) is 14.5 Å². The zero-order chi connectivity index (χ0) is 17.8. The van der Waals surface area contributed by atoms with E-state index in [9.17, 15) is 0 Å². The van der Waals surface area contributed by atoms with Crippen LogP contribution in [0.25, 0.3) is 11.0 Å². The molecular weight excluding hydrogens is 330 g/mol. The lowest BCUT2D eigenvalue weighted by molar-refractivity contribution is 0.264. The molecule has 2 aromatic carbocycles. The van der Waals surface area contributed by atoms with E-state index in [1.54, 1.807) is 0 Å². The second-order valence-electron chi connectivity index (χ2n) is 8.78. The molecule has 2 atom stereocenters. The van der Waals surface area contributed by atoms with Gasteiger partial charge in [-0.15, -0.1) is 0 Å². The van der Waals surface area contributed by atoms with E-state index in [1.165, 1.54) is 66.8 Å². The fourth-order valence-corrected chi connectivity index (χ4v) is 5.77. The highest BCUT2D eigenvalue weighted by Crippen LogP contribution is 2.54. The molecular formula is C24H27N3. The minimum Gasteiger partial charge on any atom is -0.327 e. The predicted octanol–water partition coefficient (Wildman–Crippen LogP) is 4.29. The molecule has 1 aromatic heterocycles. The number of aryl methyl sites for hydroxylation is 3. The third-order valence-corrected chi connectivity index (χ3v) is 7.18. The van der Waals surface area contributed by atoms with Gasteiger partial charge in [0.2, 0.25) is 0 Å². The summed E-state index contributed by atoms with van der Waals surface area (Å²) in [6.07, 6.45) is 5.08. The monoisotopic (exact) mass is 357 g/mol. The van der Waals surface area contributed by atoms with E-state index in [0.29, 0.717) is 0 Å².